The molecule has 0 saturated heterocycles. The van der Waals surface area contributed by atoms with Crippen LogP contribution in [0, 0.1) is 0 Å². The molecule has 0 aliphatic heterocycles. The van der Waals surface area contributed by atoms with Crippen LogP contribution >= 0.6 is 22.9 Å². The van der Waals surface area contributed by atoms with Crippen LogP contribution in [0.25, 0.3) is 10.9 Å². The van der Waals surface area contributed by atoms with E-state index in [0.29, 0.717) is 11.2 Å². The molecule has 0 amide bonds. The van der Waals surface area contributed by atoms with Gasteiger partial charge >= 0.3 is 0 Å². The largest absolute Gasteiger partial charge is 0.309 e. The number of nitrogens with zero attached hydrogens (tertiary/aromatic N) is 2. The van der Waals surface area contributed by atoms with Crippen LogP contribution in [0.15, 0.2) is 41.2 Å². The van der Waals surface area contributed by atoms with Gasteiger partial charge in [0, 0.05) is 11.4 Å². The lowest BCUT2D eigenvalue weighted by molar-refractivity contribution is 0.207. The normalized spacial score (nSPS) is 12.9. The molecule has 1 atom stereocenters. The monoisotopic (exact) mass is 347 g/mol. The Kier molecular flexibility index (Phi) is 4.80. The van der Waals surface area contributed by atoms with E-state index in [2.05, 4.69) is 28.7 Å². The Morgan fingerprint density at radius 1 is 1.30 bits per heavy atom. The lowest BCUT2D eigenvalue weighted by Crippen LogP contribution is -2.29. The van der Waals surface area contributed by atoms with E-state index in [1.807, 2.05) is 30.3 Å². The van der Waals surface area contributed by atoms with Crippen molar-refractivity contribution in [3.8, 4) is 0 Å². The van der Waals surface area contributed by atoms with Gasteiger partial charge in [-0.3, -0.25) is 9.69 Å². The minimum absolute atomic E-state index is 0.0122. The summed E-state index contributed by atoms with van der Waals surface area (Å²) in [5, 5.41) is 0.622. The SMILES string of the molecule is CCN(Cc1ccc(Cl)s1)[C@H](C)c1nc2ccccc2c(=O)[nH]1. The van der Waals surface area contributed by atoms with Crippen LogP contribution in [-0.4, -0.2) is 21.4 Å². The third-order valence-corrected chi connectivity index (χ3v) is 5.18. The van der Waals surface area contributed by atoms with Crippen molar-refractivity contribution in [2.24, 2.45) is 0 Å². The Hall–Kier alpha value is -1.69. The quantitative estimate of drug-likeness (QED) is 0.751. The second kappa shape index (κ2) is 6.83. The first-order chi connectivity index (χ1) is 11.1. The molecule has 6 heteroatoms. The molecule has 120 valence electrons. The van der Waals surface area contributed by atoms with Gasteiger partial charge in [0.15, 0.2) is 0 Å². The Morgan fingerprint density at radius 2 is 2.09 bits per heavy atom. The standard InChI is InChI=1S/C17H18ClN3OS/c1-3-21(10-12-8-9-15(18)23-12)11(2)16-19-14-7-5-4-6-13(14)17(22)20-16/h4-9,11H,3,10H2,1-2H3,(H,19,20,22)/t11-/m1/s1. The van der Waals surface area contributed by atoms with Crippen molar-refractivity contribution in [2.75, 3.05) is 6.54 Å². The molecule has 1 N–H and O–H groups in total. The van der Waals surface area contributed by atoms with E-state index >= 15 is 0 Å². The van der Waals surface area contributed by atoms with Gasteiger partial charge in [0.2, 0.25) is 0 Å². The van der Waals surface area contributed by atoms with Gasteiger partial charge in [-0.2, -0.15) is 0 Å². The molecule has 0 bridgehead atoms. The first-order valence-corrected chi connectivity index (χ1v) is 8.75. The van der Waals surface area contributed by atoms with Crippen molar-refractivity contribution in [3.05, 3.63) is 61.8 Å². The number of aromatic amines is 1. The average molecular weight is 348 g/mol. The van der Waals surface area contributed by atoms with Gasteiger partial charge in [-0.15, -0.1) is 11.3 Å². The molecule has 2 aromatic heterocycles. The van der Waals surface area contributed by atoms with E-state index in [4.69, 9.17) is 11.6 Å². The number of thiophene rings is 1. The number of H-pyrrole nitrogens is 1. The summed E-state index contributed by atoms with van der Waals surface area (Å²) < 4.78 is 0.793. The Labute approximate surface area is 143 Å². The molecule has 0 fully saturated rings. The Balaban J connectivity index is 1.91. The summed E-state index contributed by atoms with van der Waals surface area (Å²) in [7, 11) is 0. The molecule has 3 aromatic rings. The third-order valence-electron chi connectivity index (χ3n) is 3.97. The highest BCUT2D eigenvalue weighted by Crippen LogP contribution is 2.26. The number of hydrogen-bond acceptors (Lipinski definition) is 4. The van der Waals surface area contributed by atoms with E-state index < -0.39 is 0 Å². The summed E-state index contributed by atoms with van der Waals surface area (Å²) >= 11 is 7.59. The first-order valence-electron chi connectivity index (χ1n) is 7.55. The number of nitrogens with one attached hydrogen (secondary N) is 1. The maximum Gasteiger partial charge on any atom is 0.258 e. The zero-order valence-electron chi connectivity index (χ0n) is 13.0. The summed E-state index contributed by atoms with van der Waals surface area (Å²) in [6.45, 7) is 5.80. The van der Waals surface area contributed by atoms with E-state index in [-0.39, 0.29) is 11.6 Å². The average Bonchev–Trinajstić information content (AvgIpc) is 2.97. The van der Waals surface area contributed by atoms with E-state index in [1.165, 1.54) is 4.88 Å². The smallest absolute Gasteiger partial charge is 0.258 e. The van der Waals surface area contributed by atoms with Crippen LogP contribution in [0.3, 0.4) is 0 Å². The summed E-state index contributed by atoms with van der Waals surface area (Å²) in [5.41, 5.74) is 0.640. The maximum absolute atomic E-state index is 12.2. The lowest BCUT2D eigenvalue weighted by Gasteiger charge is -2.26. The van der Waals surface area contributed by atoms with Crippen LogP contribution in [0.4, 0.5) is 0 Å². The molecular formula is C17H18ClN3OS. The van der Waals surface area contributed by atoms with Gasteiger partial charge in [0.1, 0.15) is 5.82 Å². The first kappa shape index (κ1) is 16.2. The summed E-state index contributed by atoms with van der Waals surface area (Å²) in [6.07, 6.45) is 0. The molecule has 0 unspecified atom stereocenters. The summed E-state index contributed by atoms with van der Waals surface area (Å²) in [6, 6.07) is 11.4. The molecule has 0 radical (unpaired) electrons. The van der Waals surface area contributed by atoms with Gasteiger partial charge in [0.05, 0.1) is 21.3 Å². The van der Waals surface area contributed by atoms with Crippen LogP contribution in [-0.2, 0) is 6.54 Å². The number of rotatable bonds is 5. The Morgan fingerprint density at radius 3 is 2.78 bits per heavy atom. The van der Waals surface area contributed by atoms with Crippen molar-refractivity contribution in [3.63, 3.8) is 0 Å². The molecular weight excluding hydrogens is 330 g/mol. The minimum atomic E-state index is -0.0901. The summed E-state index contributed by atoms with van der Waals surface area (Å²) in [5.74, 6) is 0.693. The molecule has 3 rings (SSSR count). The maximum atomic E-state index is 12.2. The van der Waals surface area contributed by atoms with Gasteiger partial charge in [-0.25, -0.2) is 4.98 Å². The zero-order chi connectivity index (χ0) is 16.4. The van der Waals surface area contributed by atoms with E-state index in [0.717, 1.165) is 22.9 Å². The summed E-state index contributed by atoms with van der Waals surface area (Å²) in [4.78, 5) is 23.3. The number of fused-ring (bicyclic) bond motifs is 1. The highest BCUT2D eigenvalue weighted by Gasteiger charge is 2.18. The highest BCUT2D eigenvalue weighted by molar-refractivity contribution is 7.16. The van der Waals surface area contributed by atoms with E-state index in [1.54, 1.807) is 17.4 Å². The fourth-order valence-electron chi connectivity index (χ4n) is 2.63. The predicted octanol–water partition coefficient (Wildman–Crippen LogP) is 4.22. The van der Waals surface area contributed by atoms with Crippen molar-refractivity contribution in [1.82, 2.24) is 14.9 Å². The van der Waals surface area contributed by atoms with Gasteiger partial charge in [0.25, 0.3) is 5.56 Å². The molecule has 1 aromatic carbocycles. The van der Waals surface area contributed by atoms with Crippen molar-refractivity contribution in [1.29, 1.82) is 0 Å². The number of para-hydroxylation sites is 1. The van der Waals surface area contributed by atoms with Crippen LogP contribution in [0.5, 0.6) is 0 Å². The zero-order valence-corrected chi connectivity index (χ0v) is 14.6. The highest BCUT2D eigenvalue weighted by atomic mass is 35.5. The lowest BCUT2D eigenvalue weighted by atomic mass is 10.2. The molecule has 0 spiro atoms. The third kappa shape index (κ3) is 3.47. The second-order valence-corrected chi connectivity index (χ2v) is 7.21. The van der Waals surface area contributed by atoms with Crippen molar-refractivity contribution in [2.45, 2.75) is 26.4 Å². The fraction of sp³-hybridized carbons (Fsp3) is 0.294. The molecule has 2 heterocycles. The van der Waals surface area contributed by atoms with Gasteiger partial charge < -0.3 is 4.98 Å². The second-order valence-electron chi connectivity index (χ2n) is 5.41. The van der Waals surface area contributed by atoms with E-state index in [9.17, 15) is 4.79 Å². The molecule has 0 aliphatic carbocycles. The van der Waals surface area contributed by atoms with Gasteiger partial charge in [-0.1, -0.05) is 30.7 Å². The van der Waals surface area contributed by atoms with Crippen molar-refractivity contribution < 1.29 is 0 Å². The number of hydrogen-bond donors (Lipinski definition) is 1. The Bertz CT molecular complexity index is 873. The molecule has 23 heavy (non-hydrogen) atoms. The number of aromatic nitrogens is 2. The van der Waals surface area contributed by atoms with Crippen molar-refractivity contribution >= 4 is 33.8 Å². The molecule has 4 nitrogen and oxygen atoms in total. The minimum Gasteiger partial charge on any atom is -0.309 e. The molecule has 0 saturated carbocycles. The topological polar surface area (TPSA) is 49.0 Å². The van der Waals surface area contributed by atoms with Crippen LogP contribution < -0.4 is 5.56 Å². The van der Waals surface area contributed by atoms with Crippen LogP contribution in [0.1, 0.15) is 30.6 Å². The fourth-order valence-corrected chi connectivity index (χ4v) is 3.75. The van der Waals surface area contributed by atoms with Gasteiger partial charge in [-0.05, 0) is 37.7 Å². The number of halogens is 1. The predicted molar refractivity (Wildman–Crippen MR) is 96.2 cm³/mol. The van der Waals surface area contributed by atoms with Crippen LogP contribution in [0.2, 0.25) is 4.34 Å². The number of benzene rings is 1. The molecule has 0 aliphatic rings.